The third kappa shape index (κ3) is 2.24. The molecule has 0 heterocycles. The van der Waals surface area contributed by atoms with Gasteiger partial charge >= 0.3 is 5.97 Å². The molecule has 4 bridgehead atoms. The van der Waals surface area contributed by atoms with Crippen molar-refractivity contribution >= 4 is 5.97 Å². The van der Waals surface area contributed by atoms with Crippen molar-refractivity contribution in [1.82, 2.24) is 0 Å². The van der Waals surface area contributed by atoms with Gasteiger partial charge < -0.3 is 4.74 Å². The SMILES string of the molecule is CCC(C)(C)C(=O)OC1(C(C)C)C2CC3CC(C2)CC1C3. The van der Waals surface area contributed by atoms with Crippen molar-refractivity contribution in [3.8, 4) is 0 Å². The molecule has 0 aromatic heterocycles. The summed E-state index contributed by atoms with van der Waals surface area (Å²) in [6, 6.07) is 0. The average Bonchev–Trinajstić information content (AvgIpc) is 2.41. The van der Waals surface area contributed by atoms with E-state index in [1.54, 1.807) is 0 Å². The Morgan fingerprint density at radius 3 is 1.95 bits per heavy atom. The molecule has 120 valence electrons. The maximum atomic E-state index is 12.8. The minimum absolute atomic E-state index is 0.0335. The normalized spacial score (nSPS) is 41.6. The first-order valence-corrected chi connectivity index (χ1v) is 9.03. The van der Waals surface area contributed by atoms with Gasteiger partial charge in [0.25, 0.3) is 0 Å². The standard InChI is InChI=1S/C19H32O2/c1-6-18(4,5)17(20)21-19(12(2)3)15-8-13-7-14(10-15)11-16(19)9-13/h12-16H,6-11H2,1-5H3. The highest BCUT2D eigenvalue weighted by Crippen LogP contribution is 2.62. The molecule has 0 amide bonds. The number of rotatable bonds is 4. The fourth-order valence-corrected chi connectivity index (χ4v) is 5.59. The zero-order valence-corrected chi connectivity index (χ0v) is 14.4. The summed E-state index contributed by atoms with van der Waals surface area (Å²) in [6.07, 6.45) is 7.47. The Kier molecular flexibility index (Phi) is 3.65. The van der Waals surface area contributed by atoms with Gasteiger partial charge in [0.2, 0.25) is 0 Å². The van der Waals surface area contributed by atoms with E-state index in [0.717, 1.165) is 18.3 Å². The maximum Gasteiger partial charge on any atom is 0.312 e. The quantitative estimate of drug-likeness (QED) is 0.695. The molecule has 0 aromatic rings. The first kappa shape index (κ1) is 15.4. The molecule has 0 N–H and O–H groups in total. The summed E-state index contributed by atoms with van der Waals surface area (Å²) >= 11 is 0. The molecule has 0 spiro atoms. The second-order valence-corrected chi connectivity index (χ2v) is 8.94. The molecule has 4 saturated carbocycles. The molecule has 4 rings (SSSR count). The van der Waals surface area contributed by atoms with E-state index < -0.39 is 0 Å². The molecule has 0 unspecified atom stereocenters. The van der Waals surface area contributed by atoms with E-state index in [1.807, 2.05) is 13.8 Å². The molecular weight excluding hydrogens is 260 g/mol. The largest absolute Gasteiger partial charge is 0.458 e. The zero-order chi connectivity index (χ0) is 15.4. The second kappa shape index (κ2) is 4.99. The molecule has 0 aliphatic heterocycles. The molecule has 0 saturated heterocycles. The van der Waals surface area contributed by atoms with E-state index in [9.17, 15) is 4.79 Å². The van der Waals surface area contributed by atoms with Crippen LogP contribution in [0.1, 0.15) is 73.1 Å². The van der Waals surface area contributed by atoms with Crippen LogP contribution in [0.4, 0.5) is 0 Å². The van der Waals surface area contributed by atoms with Crippen molar-refractivity contribution in [2.45, 2.75) is 78.7 Å². The van der Waals surface area contributed by atoms with Crippen molar-refractivity contribution < 1.29 is 9.53 Å². The maximum absolute atomic E-state index is 12.8. The van der Waals surface area contributed by atoms with E-state index in [2.05, 4.69) is 20.8 Å². The van der Waals surface area contributed by atoms with Gasteiger partial charge in [-0.05, 0) is 82.0 Å². The molecule has 2 nitrogen and oxygen atoms in total. The van der Waals surface area contributed by atoms with Crippen molar-refractivity contribution in [2.75, 3.05) is 0 Å². The number of carbonyl (C=O) groups excluding carboxylic acids is 1. The lowest BCUT2D eigenvalue weighted by Crippen LogP contribution is -2.63. The molecule has 4 aliphatic carbocycles. The Labute approximate surface area is 130 Å². The Morgan fingerprint density at radius 2 is 1.57 bits per heavy atom. The van der Waals surface area contributed by atoms with Crippen molar-refractivity contribution in [3.05, 3.63) is 0 Å². The summed E-state index contributed by atoms with van der Waals surface area (Å²) in [7, 11) is 0. The van der Waals surface area contributed by atoms with Gasteiger partial charge in [0.15, 0.2) is 0 Å². The first-order valence-electron chi connectivity index (χ1n) is 9.03. The van der Waals surface area contributed by atoms with Crippen molar-refractivity contribution in [2.24, 2.45) is 35.0 Å². The van der Waals surface area contributed by atoms with E-state index in [4.69, 9.17) is 4.74 Å². The average molecular weight is 292 g/mol. The van der Waals surface area contributed by atoms with Crippen LogP contribution in [0.15, 0.2) is 0 Å². The van der Waals surface area contributed by atoms with Gasteiger partial charge in [-0.2, -0.15) is 0 Å². The highest BCUT2D eigenvalue weighted by atomic mass is 16.6. The predicted octanol–water partition coefficient (Wildman–Crippen LogP) is 4.82. The lowest BCUT2D eigenvalue weighted by atomic mass is 9.47. The van der Waals surface area contributed by atoms with Crippen LogP contribution in [-0.2, 0) is 9.53 Å². The molecular formula is C19H32O2. The third-order valence-corrected chi connectivity index (χ3v) is 7.02. The summed E-state index contributed by atoms with van der Waals surface area (Å²) < 4.78 is 6.39. The minimum Gasteiger partial charge on any atom is -0.458 e. The van der Waals surface area contributed by atoms with Crippen molar-refractivity contribution in [1.29, 1.82) is 0 Å². The molecule has 0 aromatic carbocycles. The summed E-state index contributed by atoms with van der Waals surface area (Å²) in [6.45, 7) is 10.7. The van der Waals surface area contributed by atoms with Gasteiger partial charge in [-0.25, -0.2) is 0 Å². The second-order valence-electron chi connectivity index (χ2n) is 8.94. The van der Waals surface area contributed by atoms with Gasteiger partial charge in [-0.15, -0.1) is 0 Å². The predicted molar refractivity (Wildman–Crippen MR) is 84.8 cm³/mol. The van der Waals surface area contributed by atoms with E-state index >= 15 is 0 Å². The number of carbonyl (C=O) groups is 1. The van der Waals surface area contributed by atoms with Crippen molar-refractivity contribution in [3.63, 3.8) is 0 Å². The van der Waals surface area contributed by atoms with Crippen LogP contribution < -0.4 is 0 Å². The van der Waals surface area contributed by atoms with Gasteiger partial charge in [-0.3, -0.25) is 4.79 Å². The molecule has 0 radical (unpaired) electrons. The lowest BCUT2D eigenvalue weighted by Gasteiger charge is -2.62. The number of ether oxygens (including phenoxy) is 1. The number of hydrogen-bond donors (Lipinski definition) is 0. The molecule has 21 heavy (non-hydrogen) atoms. The highest BCUT2D eigenvalue weighted by Gasteiger charge is 2.61. The highest BCUT2D eigenvalue weighted by molar-refractivity contribution is 5.76. The molecule has 2 heteroatoms. The van der Waals surface area contributed by atoms with Crippen LogP contribution in [0.3, 0.4) is 0 Å². The fraction of sp³-hybridized carbons (Fsp3) is 0.947. The van der Waals surface area contributed by atoms with E-state index in [-0.39, 0.29) is 17.0 Å². The number of hydrogen-bond acceptors (Lipinski definition) is 2. The van der Waals surface area contributed by atoms with E-state index in [1.165, 1.54) is 32.1 Å². The molecule has 0 atom stereocenters. The van der Waals surface area contributed by atoms with Gasteiger partial charge in [-0.1, -0.05) is 20.8 Å². The fourth-order valence-electron chi connectivity index (χ4n) is 5.59. The van der Waals surface area contributed by atoms with Gasteiger partial charge in [0, 0.05) is 0 Å². The smallest absolute Gasteiger partial charge is 0.312 e. The van der Waals surface area contributed by atoms with Crippen LogP contribution in [0.2, 0.25) is 0 Å². The zero-order valence-electron chi connectivity index (χ0n) is 14.4. The van der Waals surface area contributed by atoms with Crippen LogP contribution >= 0.6 is 0 Å². The Balaban J connectivity index is 1.89. The minimum atomic E-state index is -0.351. The first-order chi connectivity index (χ1) is 9.79. The molecule has 4 aliphatic rings. The third-order valence-electron chi connectivity index (χ3n) is 7.02. The van der Waals surface area contributed by atoms with Crippen LogP contribution in [0, 0.1) is 35.0 Å². The number of esters is 1. The van der Waals surface area contributed by atoms with Crippen LogP contribution in [0.25, 0.3) is 0 Å². The Hall–Kier alpha value is -0.530. The van der Waals surface area contributed by atoms with Gasteiger partial charge in [0.05, 0.1) is 5.41 Å². The Morgan fingerprint density at radius 1 is 1.10 bits per heavy atom. The monoisotopic (exact) mass is 292 g/mol. The van der Waals surface area contributed by atoms with Gasteiger partial charge in [0.1, 0.15) is 5.60 Å². The molecule has 4 fully saturated rings. The summed E-state index contributed by atoms with van der Waals surface area (Å²) in [4.78, 5) is 12.8. The van der Waals surface area contributed by atoms with Crippen LogP contribution in [-0.4, -0.2) is 11.6 Å². The summed E-state index contributed by atoms with van der Waals surface area (Å²) in [5.74, 6) is 3.53. The topological polar surface area (TPSA) is 26.3 Å². The van der Waals surface area contributed by atoms with Crippen LogP contribution in [0.5, 0.6) is 0 Å². The summed E-state index contributed by atoms with van der Waals surface area (Å²) in [5, 5.41) is 0. The van der Waals surface area contributed by atoms with E-state index in [0.29, 0.717) is 17.8 Å². The summed E-state index contributed by atoms with van der Waals surface area (Å²) in [5.41, 5.74) is -0.520. The lowest BCUT2D eigenvalue weighted by molar-refractivity contribution is -0.231. The Bertz CT molecular complexity index is 393.